The Morgan fingerprint density at radius 3 is 1.92 bits per heavy atom. The number of hydrogen-bond donors (Lipinski definition) is 3. The molecular formula is C6H9NO4S. The van der Waals surface area contributed by atoms with Gasteiger partial charge in [0.1, 0.15) is 12.1 Å². The van der Waals surface area contributed by atoms with E-state index in [2.05, 4.69) is 5.32 Å². The SMILES string of the molecule is O=C(O)[C@H]1CSC[C@H](C(=O)O)N1. The molecule has 6 heteroatoms. The molecule has 0 unspecified atom stereocenters. The molecule has 0 bridgehead atoms. The van der Waals surface area contributed by atoms with Crippen molar-refractivity contribution in [2.75, 3.05) is 11.5 Å². The zero-order chi connectivity index (χ0) is 9.14. The van der Waals surface area contributed by atoms with Crippen LogP contribution in [0.15, 0.2) is 0 Å². The number of carboxylic acid groups (broad SMARTS) is 2. The molecule has 1 rings (SSSR count). The summed E-state index contributed by atoms with van der Waals surface area (Å²) in [5.74, 6) is -1.12. The highest BCUT2D eigenvalue weighted by Gasteiger charge is 2.30. The van der Waals surface area contributed by atoms with Gasteiger partial charge in [-0.25, -0.2) is 0 Å². The smallest absolute Gasteiger partial charge is 0.321 e. The summed E-state index contributed by atoms with van der Waals surface area (Å²) in [5, 5.41) is 19.7. The van der Waals surface area contributed by atoms with Crippen molar-refractivity contribution < 1.29 is 19.8 Å². The van der Waals surface area contributed by atoms with Crippen molar-refractivity contribution in [2.45, 2.75) is 12.1 Å². The Morgan fingerprint density at radius 2 is 1.58 bits per heavy atom. The summed E-state index contributed by atoms with van der Waals surface area (Å²) in [7, 11) is 0. The van der Waals surface area contributed by atoms with E-state index in [1.165, 1.54) is 11.8 Å². The summed E-state index contributed by atoms with van der Waals surface area (Å²) in [6, 6.07) is -1.46. The zero-order valence-corrected chi connectivity index (χ0v) is 7.00. The predicted octanol–water partition coefficient (Wildman–Crippen LogP) is -0.771. The van der Waals surface area contributed by atoms with Crippen molar-refractivity contribution >= 4 is 23.7 Å². The number of carboxylic acids is 2. The molecule has 1 aliphatic heterocycles. The number of carbonyl (C=O) groups is 2. The second kappa shape index (κ2) is 3.77. The standard InChI is InChI=1S/C6H9NO4S/c8-5(9)3-1-12-2-4(7-3)6(10)11/h3-4,7H,1-2H2,(H,8,9)(H,10,11)/t3-,4-/m1/s1. The molecule has 0 aliphatic carbocycles. The summed E-state index contributed by atoms with van der Waals surface area (Å²) >= 11 is 1.34. The van der Waals surface area contributed by atoms with Crippen LogP contribution in [-0.2, 0) is 9.59 Å². The van der Waals surface area contributed by atoms with Gasteiger partial charge in [0, 0.05) is 11.5 Å². The molecule has 1 aliphatic rings. The van der Waals surface area contributed by atoms with Crippen molar-refractivity contribution in [3.8, 4) is 0 Å². The van der Waals surface area contributed by atoms with Gasteiger partial charge in [0.15, 0.2) is 0 Å². The summed E-state index contributed by atoms with van der Waals surface area (Å²) in [4.78, 5) is 20.9. The van der Waals surface area contributed by atoms with Gasteiger partial charge in [-0.1, -0.05) is 0 Å². The van der Waals surface area contributed by atoms with Gasteiger partial charge in [-0.3, -0.25) is 14.9 Å². The van der Waals surface area contributed by atoms with Crippen LogP contribution in [0.3, 0.4) is 0 Å². The molecule has 1 saturated heterocycles. The average Bonchev–Trinajstić information content (AvgIpc) is 2.04. The third kappa shape index (κ3) is 2.12. The van der Waals surface area contributed by atoms with E-state index in [1.807, 2.05) is 0 Å². The fourth-order valence-corrected chi connectivity index (χ4v) is 2.01. The highest BCUT2D eigenvalue weighted by Crippen LogP contribution is 2.12. The van der Waals surface area contributed by atoms with Crippen LogP contribution in [0.5, 0.6) is 0 Å². The summed E-state index contributed by atoms with van der Waals surface area (Å²) in [5.41, 5.74) is 0. The number of thioether (sulfide) groups is 1. The molecule has 1 heterocycles. The van der Waals surface area contributed by atoms with E-state index in [0.29, 0.717) is 11.5 Å². The fourth-order valence-electron chi connectivity index (χ4n) is 0.928. The first kappa shape index (κ1) is 9.34. The van der Waals surface area contributed by atoms with E-state index in [0.717, 1.165) is 0 Å². The molecule has 0 aromatic carbocycles. The van der Waals surface area contributed by atoms with Crippen LogP contribution in [0.25, 0.3) is 0 Å². The van der Waals surface area contributed by atoms with Crippen molar-refractivity contribution in [1.82, 2.24) is 5.32 Å². The molecule has 68 valence electrons. The largest absolute Gasteiger partial charge is 0.480 e. The van der Waals surface area contributed by atoms with E-state index in [4.69, 9.17) is 10.2 Å². The number of hydrogen-bond acceptors (Lipinski definition) is 4. The monoisotopic (exact) mass is 191 g/mol. The Bertz CT molecular complexity index is 188. The lowest BCUT2D eigenvalue weighted by atomic mass is 10.2. The molecule has 1 fully saturated rings. The zero-order valence-electron chi connectivity index (χ0n) is 6.19. The van der Waals surface area contributed by atoms with Crippen LogP contribution in [0.2, 0.25) is 0 Å². The average molecular weight is 191 g/mol. The lowest BCUT2D eigenvalue weighted by Crippen LogP contribution is -2.52. The Kier molecular flexibility index (Phi) is 2.93. The van der Waals surface area contributed by atoms with Gasteiger partial charge in [0.25, 0.3) is 0 Å². The van der Waals surface area contributed by atoms with E-state index < -0.39 is 24.0 Å². The summed E-state index contributed by atoms with van der Waals surface area (Å²) < 4.78 is 0. The van der Waals surface area contributed by atoms with Gasteiger partial charge >= 0.3 is 11.9 Å². The maximum atomic E-state index is 10.5. The van der Waals surface area contributed by atoms with Crippen LogP contribution in [-0.4, -0.2) is 45.7 Å². The third-order valence-electron chi connectivity index (χ3n) is 1.57. The van der Waals surface area contributed by atoms with Crippen LogP contribution < -0.4 is 5.32 Å². The predicted molar refractivity (Wildman–Crippen MR) is 43.3 cm³/mol. The second-order valence-electron chi connectivity index (χ2n) is 2.49. The molecule has 0 spiro atoms. The van der Waals surface area contributed by atoms with Crippen molar-refractivity contribution in [3.63, 3.8) is 0 Å². The first-order chi connectivity index (χ1) is 5.61. The van der Waals surface area contributed by atoms with Gasteiger partial charge < -0.3 is 10.2 Å². The molecule has 0 radical (unpaired) electrons. The molecule has 2 atom stereocenters. The molecule has 0 amide bonds. The minimum absolute atomic E-state index is 0.430. The summed E-state index contributed by atoms with van der Waals surface area (Å²) in [6.45, 7) is 0. The third-order valence-corrected chi connectivity index (χ3v) is 2.71. The molecule has 0 aromatic heterocycles. The van der Waals surface area contributed by atoms with E-state index >= 15 is 0 Å². The van der Waals surface area contributed by atoms with Gasteiger partial charge in [-0.05, 0) is 0 Å². The van der Waals surface area contributed by atoms with E-state index in [9.17, 15) is 9.59 Å². The normalized spacial score (nSPS) is 29.7. The van der Waals surface area contributed by atoms with Crippen LogP contribution in [0.1, 0.15) is 0 Å². The number of nitrogens with one attached hydrogen (secondary N) is 1. The summed E-state index contributed by atoms with van der Waals surface area (Å²) in [6.07, 6.45) is 0. The molecule has 0 aromatic rings. The van der Waals surface area contributed by atoms with Crippen molar-refractivity contribution in [3.05, 3.63) is 0 Å². The second-order valence-corrected chi connectivity index (χ2v) is 3.56. The van der Waals surface area contributed by atoms with Gasteiger partial charge in [0.05, 0.1) is 0 Å². The first-order valence-electron chi connectivity index (χ1n) is 3.40. The van der Waals surface area contributed by atoms with Gasteiger partial charge in [0.2, 0.25) is 0 Å². The van der Waals surface area contributed by atoms with Crippen molar-refractivity contribution in [2.24, 2.45) is 0 Å². The number of rotatable bonds is 2. The Balaban J connectivity index is 2.51. The van der Waals surface area contributed by atoms with Crippen molar-refractivity contribution in [1.29, 1.82) is 0 Å². The van der Waals surface area contributed by atoms with E-state index in [1.54, 1.807) is 0 Å². The Morgan fingerprint density at radius 1 is 1.17 bits per heavy atom. The lowest BCUT2D eigenvalue weighted by Gasteiger charge is -2.24. The maximum Gasteiger partial charge on any atom is 0.321 e. The highest BCUT2D eigenvalue weighted by atomic mass is 32.2. The van der Waals surface area contributed by atoms with E-state index in [-0.39, 0.29) is 0 Å². The topological polar surface area (TPSA) is 86.6 Å². The Hall–Kier alpha value is -0.750. The highest BCUT2D eigenvalue weighted by molar-refractivity contribution is 7.99. The van der Waals surface area contributed by atoms with Crippen LogP contribution in [0.4, 0.5) is 0 Å². The molecule has 3 N–H and O–H groups in total. The molecule has 0 saturated carbocycles. The minimum Gasteiger partial charge on any atom is -0.480 e. The number of aliphatic carboxylic acids is 2. The van der Waals surface area contributed by atoms with Gasteiger partial charge in [-0.2, -0.15) is 11.8 Å². The van der Waals surface area contributed by atoms with Crippen LogP contribution in [0, 0.1) is 0 Å². The minimum atomic E-state index is -0.992. The quantitative estimate of drug-likeness (QED) is 0.531. The van der Waals surface area contributed by atoms with Crippen LogP contribution >= 0.6 is 11.8 Å². The van der Waals surface area contributed by atoms with Gasteiger partial charge in [-0.15, -0.1) is 0 Å². The first-order valence-corrected chi connectivity index (χ1v) is 4.56. The lowest BCUT2D eigenvalue weighted by molar-refractivity contribution is -0.141. The maximum absolute atomic E-state index is 10.5. The molecule has 5 nitrogen and oxygen atoms in total. The fraction of sp³-hybridized carbons (Fsp3) is 0.667. The molecule has 12 heavy (non-hydrogen) atoms. The molecular weight excluding hydrogens is 182 g/mol. The Labute approximate surface area is 73.1 Å².